The molecule has 1 heterocycles. The lowest BCUT2D eigenvalue weighted by Crippen LogP contribution is -2.32. The van der Waals surface area contributed by atoms with E-state index in [1.54, 1.807) is 0 Å². The molecule has 1 N–H and O–H groups in total. The van der Waals surface area contributed by atoms with E-state index in [0.717, 1.165) is 29.4 Å². The molecule has 3 nitrogen and oxygen atoms in total. The fraction of sp³-hybridized carbons (Fsp3) is 0.250. The minimum Gasteiger partial charge on any atom is -0.451 e. The SMILES string of the molecule is Cc1cccc2cc(C(=O)NC(C)CCc3ccccc3)oc12. The van der Waals surface area contributed by atoms with Crippen LogP contribution in [0.5, 0.6) is 0 Å². The Bertz CT molecular complexity index is 805. The van der Waals surface area contributed by atoms with Crippen molar-refractivity contribution in [2.75, 3.05) is 0 Å². The molecule has 0 aliphatic rings. The molecule has 1 atom stereocenters. The average molecular weight is 307 g/mol. The molecule has 0 bridgehead atoms. The number of para-hydroxylation sites is 1. The Kier molecular flexibility index (Phi) is 4.47. The van der Waals surface area contributed by atoms with Crippen LogP contribution in [0.4, 0.5) is 0 Å². The van der Waals surface area contributed by atoms with Gasteiger partial charge in [0.1, 0.15) is 5.58 Å². The van der Waals surface area contributed by atoms with Gasteiger partial charge in [0.05, 0.1) is 0 Å². The number of carbonyl (C=O) groups excluding carboxylic acids is 1. The molecule has 0 saturated carbocycles. The molecule has 0 saturated heterocycles. The summed E-state index contributed by atoms with van der Waals surface area (Å²) in [7, 11) is 0. The van der Waals surface area contributed by atoms with Gasteiger partial charge in [0.15, 0.2) is 5.76 Å². The fourth-order valence-electron chi connectivity index (χ4n) is 2.72. The van der Waals surface area contributed by atoms with Crippen LogP contribution in [0.25, 0.3) is 11.0 Å². The molecule has 3 heteroatoms. The van der Waals surface area contributed by atoms with Crippen LogP contribution in [0.1, 0.15) is 35.0 Å². The molecule has 0 spiro atoms. The van der Waals surface area contributed by atoms with Crippen molar-refractivity contribution in [3.63, 3.8) is 0 Å². The minimum atomic E-state index is -0.152. The Morgan fingerprint density at radius 2 is 1.91 bits per heavy atom. The Labute approximate surface area is 136 Å². The van der Waals surface area contributed by atoms with Gasteiger partial charge in [0.2, 0.25) is 0 Å². The van der Waals surface area contributed by atoms with Gasteiger partial charge in [-0.25, -0.2) is 0 Å². The van der Waals surface area contributed by atoms with Crippen LogP contribution >= 0.6 is 0 Å². The minimum absolute atomic E-state index is 0.0945. The molecule has 118 valence electrons. The number of carbonyl (C=O) groups is 1. The highest BCUT2D eigenvalue weighted by Crippen LogP contribution is 2.22. The number of fused-ring (bicyclic) bond motifs is 1. The van der Waals surface area contributed by atoms with E-state index in [1.807, 2.05) is 56.3 Å². The molecule has 1 unspecified atom stereocenters. The van der Waals surface area contributed by atoms with Gasteiger partial charge in [-0.3, -0.25) is 4.79 Å². The number of hydrogen-bond acceptors (Lipinski definition) is 2. The zero-order chi connectivity index (χ0) is 16.2. The Morgan fingerprint density at radius 3 is 2.65 bits per heavy atom. The molecule has 0 aliphatic heterocycles. The van der Waals surface area contributed by atoms with E-state index in [0.29, 0.717) is 5.76 Å². The van der Waals surface area contributed by atoms with E-state index in [4.69, 9.17) is 4.42 Å². The molecule has 3 rings (SSSR count). The summed E-state index contributed by atoms with van der Waals surface area (Å²) in [5, 5.41) is 3.98. The highest BCUT2D eigenvalue weighted by atomic mass is 16.3. The van der Waals surface area contributed by atoms with E-state index < -0.39 is 0 Å². The van der Waals surface area contributed by atoms with Gasteiger partial charge < -0.3 is 9.73 Å². The van der Waals surface area contributed by atoms with Crippen molar-refractivity contribution in [3.05, 3.63) is 71.5 Å². The normalized spacial score (nSPS) is 12.3. The van der Waals surface area contributed by atoms with Crippen molar-refractivity contribution >= 4 is 16.9 Å². The van der Waals surface area contributed by atoms with Gasteiger partial charge in [-0.05, 0) is 43.9 Å². The van der Waals surface area contributed by atoms with Gasteiger partial charge in [0, 0.05) is 11.4 Å². The third kappa shape index (κ3) is 3.62. The average Bonchev–Trinajstić information content (AvgIpc) is 3.00. The van der Waals surface area contributed by atoms with Crippen LogP contribution in [-0.4, -0.2) is 11.9 Å². The number of amides is 1. The Morgan fingerprint density at radius 1 is 1.13 bits per heavy atom. The number of benzene rings is 2. The van der Waals surface area contributed by atoms with Crippen LogP contribution in [0.3, 0.4) is 0 Å². The molecular weight excluding hydrogens is 286 g/mol. The second-order valence-corrected chi connectivity index (χ2v) is 6.00. The Hall–Kier alpha value is -2.55. The summed E-state index contributed by atoms with van der Waals surface area (Å²) in [6.45, 7) is 4.00. The summed E-state index contributed by atoms with van der Waals surface area (Å²) in [5.41, 5.74) is 3.11. The van der Waals surface area contributed by atoms with Gasteiger partial charge in [-0.2, -0.15) is 0 Å². The van der Waals surface area contributed by atoms with Crippen molar-refractivity contribution in [2.24, 2.45) is 0 Å². The molecule has 2 aromatic carbocycles. The molecule has 0 fully saturated rings. The lowest BCUT2D eigenvalue weighted by Gasteiger charge is -2.12. The van der Waals surface area contributed by atoms with E-state index in [9.17, 15) is 4.79 Å². The predicted molar refractivity (Wildman–Crippen MR) is 92.6 cm³/mol. The second-order valence-electron chi connectivity index (χ2n) is 6.00. The maximum Gasteiger partial charge on any atom is 0.287 e. The maximum atomic E-state index is 12.3. The van der Waals surface area contributed by atoms with Crippen molar-refractivity contribution in [3.8, 4) is 0 Å². The second kappa shape index (κ2) is 6.69. The highest BCUT2D eigenvalue weighted by molar-refractivity contribution is 5.96. The van der Waals surface area contributed by atoms with Crippen LogP contribution in [0.15, 0.2) is 59.0 Å². The van der Waals surface area contributed by atoms with Crippen molar-refractivity contribution in [1.82, 2.24) is 5.32 Å². The molecule has 0 aliphatic carbocycles. The van der Waals surface area contributed by atoms with Crippen molar-refractivity contribution in [1.29, 1.82) is 0 Å². The monoisotopic (exact) mass is 307 g/mol. The molecule has 0 radical (unpaired) electrons. The molecule has 23 heavy (non-hydrogen) atoms. The summed E-state index contributed by atoms with van der Waals surface area (Å²) in [6.07, 6.45) is 1.84. The molecule has 1 amide bonds. The van der Waals surface area contributed by atoms with E-state index >= 15 is 0 Å². The smallest absolute Gasteiger partial charge is 0.287 e. The van der Waals surface area contributed by atoms with Gasteiger partial charge >= 0.3 is 0 Å². The van der Waals surface area contributed by atoms with Gasteiger partial charge in [-0.15, -0.1) is 0 Å². The highest BCUT2D eigenvalue weighted by Gasteiger charge is 2.15. The summed E-state index contributed by atoms with van der Waals surface area (Å²) in [5.74, 6) is 0.224. The maximum absolute atomic E-state index is 12.3. The van der Waals surface area contributed by atoms with Gasteiger partial charge in [-0.1, -0.05) is 48.5 Å². The summed E-state index contributed by atoms with van der Waals surface area (Å²) < 4.78 is 5.71. The van der Waals surface area contributed by atoms with Crippen LogP contribution in [0.2, 0.25) is 0 Å². The lowest BCUT2D eigenvalue weighted by molar-refractivity contribution is 0.0912. The molecule has 1 aromatic heterocycles. The van der Waals surface area contributed by atoms with E-state index in [1.165, 1.54) is 5.56 Å². The predicted octanol–water partition coefficient (Wildman–Crippen LogP) is 4.49. The Balaban J connectivity index is 1.62. The third-order valence-electron chi connectivity index (χ3n) is 4.05. The van der Waals surface area contributed by atoms with E-state index in [-0.39, 0.29) is 11.9 Å². The first kappa shape index (κ1) is 15.3. The zero-order valence-corrected chi connectivity index (χ0v) is 13.5. The first-order valence-corrected chi connectivity index (χ1v) is 7.97. The number of nitrogens with one attached hydrogen (secondary N) is 1. The number of hydrogen-bond donors (Lipinski definition) is 1. The van der Waals surface area contributed by atoms with Crippen LogP contribution < -0.4 is 5.32 Å². The first-order valence-electron chi connectivity index (χ1n) is 7.97. The lowest BCUT2D eigenvalue weighted by atomic mass is 10.1. The first-order chi connectivity index (χ1) is 11.1. The fourth-order valence-corrected chi connectivity index (χ4v) is 2.72. The quantitative estimate of drug-likeness (QED) is 0.754. The summed E-state index contributed by atoms with van der Waals surface area (Å²) >= 11 is 0. The topological polar surface area (TPSA) is 42.2 Å². The van der Waals surface area contributed by atoms with Crippen LogP contribution in [-0.2, 0) is 6.42 Å². The van der Waals surface area contributed by atoms with E-state index in [2.05, 4.69) is 17.4 Å². The number of aryl methyl sites for hydroxylation is 2. The number of rotatable bonds is 5. The zero-order valence-electron chi connectivity index (χ0n) is 13.5. The van der Waals surface area contributed by atoms with Crippen LogP contribution in [0, 0.1) is 6.92 Å². The molecule has 3 aromatic rings. The third-order valence-corrected chi connectivity index (χ3v) is 4.05. The molecular formula is C20H21NO2. The van der Waals surface area contributed by atoms with Gasteiger partial charge in [0.25, 0.3) is 5.91 Å². The van der Waals surface area contributed by atoms with Crippen molar-refractivity contribution in [2.45, 2.75) is 32.7 Å². The summed E-state index contributed by atoms with van der Waals surface area (Å²) in [4.78, 5) is 12.3. The summed E-state index contributed by atoms with van der Waals surface area (Å²) in [6, 6.07) is 18.1. The number of furan rings is 1. The standard InChI is InChI=1S/C20H21NO2/c1-14-7-6-10-17-13-18(23-19(14)17)20(22)21-15(2)11-12-16-8-4-3-5-9-16/h3-10,13,15H,11-12H2,1-2H3,(H,21,22). The largest absolute Gasteiger partial charge is 0.451 e. The van der Waals surface area contributed by atoms with Crippen molar-refractivity contribution < 1.29 is 9.21 Å².